The highest BCUT2D eigenvalue weighted by atomic mass is 16.3. The quantitative estimate of drug-likeness (QED) is 0.721. The lowest BCUT2D eigenvalue weighted by Crippen LogP contribution is -2.55. The summed E-state index contributed by atoms with van der Waals surface area (Å²) >= 11 is 0. The highest BCUT2D eigenvalue weighted by molar-refractivity contribution is 4.90. The number of aliphatic hydroxyl groups excluding tert-OH is 1. The summed E-state index contributed by atoms with van der Waals surface area (Å²) in [6.07, 6.45) is 0.907. The van der Waals surface area contributed by atoms with Gasteiger partial charge in [-0.05, 0) is 17.3 Å². The molecule has 2 heteroatoms. The van der Waals surface area contributed by atoms with Gasteiger partial charge in [0.1, 0.15) is 0 Å². The number of hydrogen-bond donors (Lipinski definition) is 1. The summed E-state index contributed by atoms with van der Waals surface area (Å²) in [5.74, 6) is 0. The molecule has 1 aliphatic heterocycles. The highest BCUT2D eigenvalue weighted by Crippen LogP contribution is 2.32. The SMILES string of the molecule is CC(C)(CCO)CN1CC(C)(C)C1. The Kier molecular flexibility index (Phi) is 3.03. The Labute approximate surface area is 81.9 Å². The van der Waals surface area contributed by atoms with E-state index < -0.39 is 0 Å². The predicted octanol–water partition coefficient (Wildman–Crippen LogP) is 1.74. The van der Waals surface area contributed by atoms with Gasteiger partial charge in [-0.25, -0.2) is 0 Å². The van der Waals surface area contributed by atoms with E-state index in [0.29, 0.717) is 12.0 Å². The molecule has 0 aliphatic carbocycles. The molecule has 13 heavy (non-hydrogen) atoms. The number of rotatable bonds is 4. The molecule has 0 amide bonds. The Morgan fingerprint density at radius 3 is 2.23 bits per heavy atom. The van der Waals surface area contributed by atoms with Gasteiger partial charge in [-0.1, -0.05) is 27.7 Å². The fourth-order valence-corrected chi connectivity index (χ4v) is 2.26. The summed E-state index contributed by atoms with van der Waals surface area (Å²) in [6.45, 7) is 12.9. The molecule has 1 N–H and O–H groups in total. The maximum atomic E-state index is 8.89. The van der Waals surface area contributed by atoms with Crippen LogP contribution in [0.15, 0.2) is 0 Å². The molecule has 0 spiro atoms. The summed E-state index contributed by atoms with van der Waals surface area (Å²) in [4.78, 5) is 2.48. The van der Waals surface area contributed by atoms with E-state index in [0.717, 1.165) is 13.0 Å². The zero-order valence-corrected chi connectivity index (χ0v) is 9.43. The van der Waals surface area contributed by atoms with E-state index in [2.05, 4.69) is 32.6 Å². The van der Waals surface area contributed by atoms with Crippen molar-refractivity contribution in [2.75, 3.05) is 26.2 Å². The molecule has 0 aromatic heterocycles. The van der Waals surface area contributed by atoms with Crippen LogP contribution in [-0.2, 0) is 0 Å². The highest BCUT2D eigenvalue weighted by Gasteiger charge is 2.36. The van der Waals surface area contributed by atoms with Crippen LogP contribution < -0.4 is 0 Å². The third kappa shape index (κ3) is 3.28. The zero-order chi connectivity index (χ0) is 10.1. The Morgan fingerprint density at radius 2 is 1.85 bits per heavy atom. The molecule has 0 saturated carbocycles. The first-order chi connectivity index (χ1) is 5.85. The third-order valence-electron chi connectivity index (χ3n) is 2.74. The van der Waals surface area contributed by atoms with Gasteiger partial charge in [0.25, 0.3) is 0 Å². The van der Waals surface area contributed by atoms with Crippen LogP contribution in [-0.4, -0.2) is 36.2 Å². The van der Waals surface area contributed by atoms with E-state index in [1.54, 1.807) is 0 Å². The van der Waals surface area contributed by atoms with E-state index in [-0.39, 0.29) is 5.41 Å². The van der Waals surface area contributed by atoms with Gasteiger partial charge in [0.15, 0.2) is 0 Å². The van der Waals surface area contributed by atoms with Crippen LogP contribution in [0.3, 0.4) is 0 Å². The molecule has 0 aromatic carbocycles. The summed E-state index contributed by atoms with van der Waals surface area (Å²) < 4.78 is 0. The topological polar surface area (TPSA) is 23.5 Å². The number of hydrogen-bond acceptors (Lipinski definition) is 2. The fourth-order valence-electron chi connectivity index (χ4n) is 2.26. The van der Waals surface area contributed by atoms with Gasteiger partial charge >= 0.3 is 0 Å². The molecular weight excluding hydrogens is 162 g/mol. The Hall–Kier alpha value is -0.0800. The Bertz CT molecular complexity index is 167. The van der Waals surface area contributed by atoms with Crippen LogP contribution >= 0.6 is 0 Å². The lowest BCUT2D eigenvalue weighted by atomic mass is 9.81. The number of aliphatic hydroxyl groups is 1. The van der Waals surface area contributed by atoms with E-state index in [1.165, 1.54) is 13.1 Å². The first kappa shape index (κ1) is 11.0. The molecule has 1 saturated heterocycles. The molecule has 1 fully saturated rings. The molecule has 0 radical (unpaired) electrons. The maximum absolute atomic E-state index is 8.89. The standard InChI is InChI=1S/C11H23NO/c1-10(2,5-6-13)7-12-8-11(3,4)9-12/h13H,5-9H2,1-4H3. The Morgan fingerprint density at radius 1 is 1.31 bits per heavy atom. The minimum Gasteiger partial charge on any atom is -0.396 e. The molecule has 1 heterocycles. The molecule has 0 aromatic rings. The normalized spacial score (nSPS) is 22.8. The second-order valence-corrected chi connectivity index (χ2v) is 5.95. The predicted molar refractivity (Wildman–Crippen MR) is 55.7 cm³/mol. The molecular formula is C11H23NO. The second kappa shape index (κ2) is 3.58. The van der Waals surface area contributed by atoms with Gasteiger partial charge in [0.2, 0.25) is 0 Å². The van der Waals surface area contributed by atoms with Crippen molar-refractivity contribution >= 4 is 0 Å². The largest absolute Gasteiger partial charge is 0.396 e. The molecule has 1 rings (SSSR count). The molecule has 2 nitrogen and oxygen atoms in total. The number of likely N-dealkylation sites (tertiary alicyclic amines) is 1. The van der Waals surface area contributed by atoms with Crippen molar-refractivity contribution in [1.82, 2.24) is 4.90 Å². The van der Waals surface area contributed by atoms with E-state index in [4.69, 9.17) is 5.11 Å². The summed E-state index contributed by atoms with van der Waals surface area (Å²) in [6, 6.07) is 0. The van der Waals surface area contributed by atoms with Gasteiger partial charge in [-0.15, -0.1) is 0 Å². The molecule has 0 unspecified atom stereocenters. The smallest absolute Gasteiger partial charge is 0.0436 e. The van der Waals surface area contributed by atoms with Crippen LogP contribution in [0.1, 0.15) is 34.1 Å². The molecule has 78 valence electrons. The van der Waals surface area contributed by atoms with Crippen molar-refractivity contribution in [3.05, 3.63) is 0 Å². The Balaban J connectivity index is 2.26. The zero-order valence-electron chi connectivity index (χ0n) is 9.43. The van der Waals surface area contributed by atoms with Crippen molar-refractivity contribution < 1.29 is 5.11 Å². The lowest BCUT2D eigenvalue weighted by molar-refractivity contribution is -0.00211. The average Bonchev–Trinajstić information content (AvgIpc) is 1.80. The average molecular weight is 185 g/mol. The van der Waals surface area contributed by atoms with Crippen molar-refractivity contribution in [2.45, 2.75) is 34.1 Å². The van der Waals surface area contributed by atoms with Crippen molar-refractivity contribution in [1.29, 1.82) is 0 Å². The van der Waals surface area contributed by atoms with Crippen LogP contribution in [0.5, 0.6) is 0 Å². The maximum Gasteiger partial charge on any atom is 0.0436 e. The van der Waals surface area contributed by atoms with Gasteiger partial charge in [-0.3, -0.25) is 0 Å². The van der Waals surface area contributed by atoms with Gasteiger partial charge in [0, 0.05) is 26.2 Å². The van der Waals surface area contributed by atoms with Gasteiger partial charge < -0.3 is 10.0 Å². The van der Waals surface area contributed by atoms with E-state index in [9.17, 15) is 0 Å². The van der Waals surface area contributed by atoms with Crippen molar-refractivity contribution in [3.63, 3.8) is 0 Å². The van der Waals surface area contributed by atoms with Gasteiger partial charge in [0.05, 0.1) is 0 Å². The first-order valence-electron chi connectivity index (χ1n) is 5.18. The first-order valence-corrected chi connectivity index (χ1v) is 5.18. The van der Waals surface area contributed by atoms with Crippen molar-refractivity contribution in [3.8, 4) is 0 Å². The molecule has 0 atom stereocenters. The minimum atomic E-state index is 0.269. The van der Waals surface area contributed by atoms with Crippen molar-refractivity contribution in [2.24, 2.45) is 10.8 Å². The van der Waals surface area contributed by atoms with E-state index in [1.807, 2.05) is 0 Å². The molecule has 0 bridgehead atoms. The van der Waals surface area contributed by atoms with E-state index >= 15 is 0 Å². The van der Waals surface area contributed by atoms with Crippen LogP contribution in [0.25, 0.3) is 0 Å². The van der Waals surface area contributed by atoms with Crippen LogP contribution in [0.2, 0.25) is 0 Å². The second-order valence-electron chi connectivity index (χ2n) is 5.95. The third-order valence-corrected chi connectivity index (χ3v) is 2.74. The van der Waals surface area contributed by atoms with Crippen LogP contribution in [0.4, 0.5) is 0 Å². The summed E-state index contributed by atoms with van der Waals surface area (Å²) in [5, 5.41) is 8.89. The van der Waals surface area contributed by atoms with Gasteiger partial charge in [-0.2, -0.15) is 0 Å². The monoisotopic (exact) mass is 185 g/mol. The minimum absolute atomic E-state index is 0.269. The summed E-state index contributed by atoms with van der Waals surface area (Å²) in [5.41, 5.74) is 0.792. The molecule has 1 aliphatic rings. The number of nitrogens with zero attached hydrogens (tertiary/aromatic N) is 1. The van der Waals surface area contributed by atoms with Crippen LogP contribution in [0, 0.1) is 10.8 Å². The fraction of sp³-hybridized carbons (Fsp3) is 1.00. The lowest BCUT2D eigenvalue weighted by Gasteiger charge is -2.48. The summed E-state index contributed by atoms with van der Waals surface area (Å²) in [7, 11) is 0.